The number of halogens is 3. The molecule has 6 heteroatoms. The fraction of sp³-hybridized carbons (Fsp3) is 0.357. The number of hydrogen-bond acceptors (Lipinski definition) is 2. The molecule has 0 N–H and O–H groups in total. The minimum atomic E-state index is -0.540. The topological polar surface area (TPSA) is 31.2 Å². The van der Waals surface area contributed by atoms with E-state index in [4.69, 9.17) is 16.3 Å². The first-order valence-corrected chi connectivity index (χ1v) is 8.31. The van der Waals surface area contributed by atoms with Crippen LogP contribution in [0, 0.1) is 0 Å². The highest BCUT2D eigenvalue weighted by Gasteiger charge is 2.21. The summed E-state index contributed by atoms with van der Waals surface area (Å²) in [6.45, 7) is 5.52. The smallest absolute Gasteiger partial charge is 0.419 e. The van der Waals surface area contributed by atoms with E-state index in [0.29, 0.717) is 10.4 Å². The first-order chi connectivity index (χ1) is 9.24. The molecule has 0 saturated carbocycles. The molecule has 0 spiro atoms. The monoisotopic (exact) mass is 421 g/mol. The van der Waals surface area contributed by atoms with Crippen molar-refractivity contribution in [1.29, 1.82) is 0 Å². The van der Waals surface area contributed by atoms with Gasteiger partial charge in [-0.25, -0.2) is 4.79 Å². The molecule has 0 radical (unpaired) electrons. The molecule has 0 aliphatic heterocycles. The molecule has 108 valence electrons. The molecule has 0 saturated heterocycles. The molecule has 0 atom stereocenters. The average molecular weight is 424 g/mol. The summed E-state index contributed by atoms with van der Waals surface area (Å²) < 4.78 is 7.72. The van der Waals surface area contributed by atoms with Gasteiger partial charge in [-0.15, -0.1) is 0 Å². The van der Waals surface area contributed by atoms with E-state index in [-0.39, 0.29) is 0 Å². The third-order valence-electron chi connectivity index (χ3n) is 2.68. The number of carbonyl (C=O) groups is 1. The third kappa shape index (κ3) is 3.05. The van der Waals surface area contributed by atoms with E-state index in [1.807, 2.05) is 32.9 Å². The second kappa shape index (κ2) is 5.70. The molecule has 0 aliphatic carbocycles. The number of nitrogens with zero attached hydrogens (tertiary/aromatic N) is 1. The number of ether oxygens (including phenoxy) is 1. The van der Waals surface area contributed by atoms with Gasteiger partial charge in [-0.3, -0.25) is 4.57 Å². The number of carbonyl (C=O) groups excluding carboxylic acids is 1. The summed E-state index contributed by atoms with van der Waals surface area (Å²) in [4.78, 5) is 12.3. The van der Waals surface area contributed by atoms with Gasteiger partial charge in [0, 0.05) is 26.9 Å². The lowest BCUT2D eigenvalue weighted by atomic mass is 10.1. The zero-order valence-corrected chi connectivity index (χ0v) is 15.3. The van der Waals surface area contributed by atoms with E-state index in [9.17, 15) is 4.79 Å². The molecule has 2 rings (SSSR count). The van der Waals surface area contributed by atoms with Crippen LogP contribution in [0.5, 0.6) is 0 Å². The van der Waals surface area contributed by atoms with Crippen LogP contribution in [-0.4, -0.2) is 16.3 Å². The Balaban J connectivity index is 2.62. The summed E-state index contributed by atoms with van der Waals surface area (Å²) in [5.41, 5.74) is 1.08. The van der Waals surface area contributed by atoms with Crippen LogP contribution in [-0.2, 0) is 10.1 Å². The summed E-state index contributed by atoms with van der Waals surface area (Å²) in [6, 6.07) is 3.76. The van der Waals surface area contributed by atoms with E-state index in [0.717, 1.165) is 20.9 Å². The normalized spacial score (nSPS) is 11.9. The van der Waals surface area contributed by atoms with Crippen LogP contribution in [0.25, 0.3) is 10.9 Å². The molecule has 2 aromatic rings. The molecule has 20 heavy (non-hydrogen) atoms. The molecular formula is C14H14Br2ClNO2. The van der Waals surface area contributed by atoms with Gasteiger partial charge in [0.2, 0.25) is 0 Å². The maximum atomic E-state index is 12.3. The Labute approximate surface area is 139 Å². The fourth-order valence-corrected chi connectivity index (χ4v) is 3.32. The number of alkyl halides is 1. The van der Waals surface area contributed by atoms with Crippen LogP contribution >= 0.6 is 43.5 Å². The Hall–Kier alpha value is -0.520. The molecular weight excluding hydrogens is 409 g/mol. The largest absolute Gasteiger partial charge is 0.443 e. The van der Waals surface area contributed by atoms with Crippen LogP contribution in [0.4, 0.5) is 4.79 Å². The van der Waals surface area contributed by atoms with Crippen LogP contribution in [0.3, 0.4) is 0 Å². The van der Waals surface area contributed by atoms with E-state index in [2.05, 4.69) is 31.9 Å². The number of fused-ring (bicyclic) bond motifs is 1. The molecule has 0 bridgehead atoms. The van der Waals surface area contributed by atoms with Crippen molar-refractivity contribution in [3.05, 3.63) is 33.4 Å². The van der Waals surface area contributed by atoms with Crippen LogP contribution in [0.1, 0.15) is 26.3 Å². The highest BCUT2D eigenvalue weighted by molar-refractivity contribution is 9.10. The van der Waals surface area contributed by atoms with Crippen molar-refractivity contribution in [2.24, 2.45) is 0 Å². The standard InChI is InChI=1S/C14H14Br2ClNO2/c1-14(2,3)20-13(19)18-5-4-8-6-10(16)11(17)9(7-15)12(8)18/h4-6H,7H2,1-3H3. The predicted octanol–water partition coefficient (Wildman–Crippen LogP) is 5.74. The van der Waals surface area contributed by atoms with Crippen molar-refractivity contribution in [3.63, 3.8) is 0 Å². The van der Waals surface area contributed by atoms with Gasteiger partial charge >= 0.3 is 6.09 Å². The first kappa shape index (κ1) is 15.9. The zero-order valence-electron chi connectivity index (χ0n) is 11.3. The van der Waals surface area contributed by atoms with Crippen molar-refractivity contribution < 1.29 is 9.53 Å². The van der Waals surface area contributed by atoms with E-state index in [1.165, 1.54) is 4.57 Å². The number of aromatic nitrogens is 1. The maximum absolute atomic E-state index is 12.3. The second-order valence-electron chi connectivity index (χ2n) is 5.39. The van der Waals surface area contributed by atoms with Gasteiger partial charge < -0.3 is 4.74 Å². The molecule has 3 nitrogen and oxygen atoms in total. The predicted molar refractivity (Wildman–Crippen MR) is 88.9 cm³/mol. The van der Waals surface area contributed by atoms with Gasteiger partial charge in [-0.05, 0) is 48.8 Å². The lowest BCUT2D eigenvalue weighted by Gasteiger charge is -2.20. The van der Waals surface area contributed by atoms with Gasteiger partial charge in [0.05, 0.1) is 10.5 Å². The summed E-state index contributed by atoms with van der Waals surface area (Å²) in [5, 5.41) is 2.08. The molecule has 1 aromatic heterocycles. The lowest BCUT2D eigenvalue weighted by molar-refractivity contribution is 0.0544. The SMILES string of the molecule is CC(C)(C)OC(=O)n1ccc2cc(Br)c(Cl)c(CBr)c21. The van der Waals surface area contributed by atoms with Crippen molar-refractivity contribution >= 4 is 60.5 Å². The van der Waals surface area contributed by atoms with Gasteiger partial charge in [0.25, 0.3) is 0 Å². The van der Waals surface area contributed by atoms with E-state index >= 15 is 0 Å². The fourth-order valence-electron chi connectivity index (χ4n) is 1.92. The highest BCUT2D eigenvalue weighted by Crippen LogP contribution is 2.35. The quantitative estimate of drug-likeness (QED) is 0.548. The second-order valence-corrected chi connectivity index (χ2v) is 7.18. The van der Waals surface area contributed by atoms with Gasteiger partial charge in [-0.2, -0.15) is 0 Å². The Morgan fingerprint density at radius 1 is 1.45 bits per heavy atom. The summed E-state index contributed by atoms with van der Waals surface area (Å²) in [5.74, 6) is 0. The van der Waals surface area contributed by atoms with Crippen molar-refractivity contribution in [3.8, 4) is 0 Å². The minimum absolute atomic E-state index is 0.409. The van der Waals surface area contributed by atoms with E-state index < -0.39 is 11.7 Å². The molecule has 0 unspecified atom stereocenters. The first-order valence-electron chi connectivity index (χ1n) is 6.02. The molecule has 0 fully saturated rings. The summed E-state index contributed by atoms with van der Waals surface area (Å²) in [6.07, 6.45) is 1.29. The Bertz CT molecular complexity index is 674. The Morgan fingerprint density at radius 2 is 2.10 bits per heavy atom. The van der Waals surface area contributed by atoms with Crippen LogP contribution in [0.2, 0.25) is 5.02 Å². The highest BCUT2D eigenvalue weighted by atomic mass is 79.9. The van der Waals surface area contributed by atoms with E-state index in [1.54, 1.807) is 6.20 Å². The summed E-state index contributed by atoms with van der Waals surface area (Å²) >= 11 is 13.1. The van der Waals surface area contributed by atoms with Gasteiger partial charge in [0.1, 0.15) is 5.60 Å². The van der Waals surface area contributed by atoms with Crippen LogP contribution < -0.4 is 0 Å². The van der Waals surface area contributed by atoms with Crippen molar-refractivity contribution in [2.75, 3.05) is 0 Å². The number of rotatable bonds is 1. The Kier molecular flexibility index (Phi) is 4.52. The van der Waals surface area contributed by atoms with Crippen molar-refractivity contribution in [1.82, 2.24) is 4.57 Å². The molecule has 1 aromatic carbocycles. The van der Waals surface area contributed by atoms with Gasteiger partial charge in [0.15, 0.2) is 0 Å². The van der Waals surface area contributed by atoms with Crippen molar-refractivity contribution in [2.45, 2.75) is 31.7 Å². The third-order valence-corrected chi connectivity index (χ3v) is 4.53. The number of benzene rings is 1. The summed E-state index contributed by atoms with van der Waals surface area (Å²) in [7, 11) is 0. The molecule has 0 aliphatic rings. The molecule has 0 amide bonds. The lowest BCUT2D eigenvalue weighted by Crippen LogP contribution is -2.26. The maximum Gasteiger partial charge on any atom is 0.419 e. The average Bonchev–Trinajstić information content (AvgIpc) is 2.72. The molecule has 1 heterocycles. The minimum Gasteiger partial charge on any atom is -0.443 e. The number of hydrogen-bond donors (Lipinski definition) is 0. The van der Waals surface area contributed by atoms with Crippen LogP contribution in [0.15, 0.2) is 22.8 Å². The Morgan fingerprint density at radius 3 is 2.65 bits per heavy atom. The van der Waals surface area contributed by atoms with Gasteiger partial charge in [-0.1, -0.05) is 27.5 Å². The zero-order chi connectivity index (χ0) is 15.1.